The second-order valence-corrected chi connectivity index (χ2v) is 25.7. The number of carbonyl (C=O) groups is 8. The zero-order chi connectivity index (χ0) is 87.1. The quantitative estimate of drug-likeness (QED) is 0.0112. The third-order valence-corrected chi connectivity index (χ3v) is 14.0. The first-order valence-electron chi connectivity index (χ1n) is 32.8. The molecule has 0 aliphatic rings. The van der Waals surface area contributed by atoms with Crippen LogP contribution in [0.2, 0.25) is 0 Å². The number of aromatic nitrogens is 12. The fourth-order valence-electron chi connectivity index (χ4n) is 8.95. The maximum absolute atomic E-state index is 13.0. The summed E-state index contributed by atoms with van der Waals surface area (Å²) in [7, 11) is 0. The van der Waals surface area contributed by atoms with Crippen molar-refractivity contribution in [1.29, 1.82) is 0 Å². The Bertz CT molecular complexity index is 4730. The number of halogens is 15. The molecule has 0 saturated heterocycles. The molecule has 0 unspecified atom stereocenters. The number of aryl methyl sites for hydroxylation is 4. The van der Waals surface area contributed by atoms with E-state index >= 15 is 0 Å². The second kappa shape index (κ2) is 40.5. The van der Waals surface area contributed by atoms with Gasteiger partial charge in [-0.25, -0.2) is 64.7 Å². The van der Waals surface area contributed by atoms with Crippen molar-refractivity contribution in [3.8, 4) is 45.6 Å². The highest BCUT2D eigenvalue weighted by atomic mass is 19.4. The fourth-order valence-corrected chi connectivity index (χ4v) is 8.95. The van der Waals surface area contributed by atoms with Gasteiger partial charge in [0.25, 0.3) is 11.8 Å². The summed E-state index contributed by atoms with van der Waals surface area (Å²) in [4.78, 5) is 105. The van der Waals surface area contributed by atoms with E-state index in [0.717, 1.165) is 101 Å². The van der Waals surface area contributed by atoms with Crippen molar-refractivity contribution in [2.24, 2.45) is 23.5 Å². The molecule has 11 N–H and O–H groups in total. The molecule has 4 heterocycles. The number of alkyl halides is 15. The number of ketones is 1. The summed E-state index contributed by atoms with van der Waals surface area (Å²) < 4.78 is 201. The largest absolute Gasteiger partial charge is 0.480 e. The second-order valence-electron chi connectivity index (χ2n) is 25.7. The molecule has 30 nitrogen and oxygen atoms in total. The predicted octanol–water partition coefficient (Wildman–Crippen LogP) is 11.0. The van der Waals surface area contributed by atoms with Crippen molar-refractivity contribution in [2.75, 3.05) is 6.54 Å². The summed E-state index contributed by atoms with van der Waals surface area (Å²) in [6.45, 7) is 17.0. The van der Waals surface area contributed by atoms with Gasteiger partial charge in [0.2, 0.25) is 5.91 Å². The maximum Gasteiger partial charge on any atom is 0.471 e. The number of hydrazine groups is 2. The Labute approximate surface area is 642 Å². The van der Waals surface area contributed by atoms with Crippen LogP contribution in [0.4, 0.5) is 70.7 Å². The highest BCUT2D eigenvalue weighted by molar-refractivity contribution is 5.97. The van der Waals surface area contributed by atoms with Gasteiger partial charge in [-0.2, -0.15) is 65.9 Å². The predicted molar refractivity (Wildman–Crippen MR) is 381 cm³/mol. The van der Waals surface area contributed by atoms with Gasteiger partial charge in [0.15, 0.2) is 29.1 Å². The van der Waals surface area contributed by atoms with Crippen LogP contribution in [0.5, 0.6) is 0 Å². The van der Waals surface area contributed by atoms with Crippen molar-refractivity contribution < 1.29 is 119 Å². The minimum Gasteiger partial charge on any atom is -0.480 e. The van der Waals surface area contributed by atoms with Crippen LogP contribution in [0, 0.1) is 39.5 Å². The van der Waals surface area contributed by atoms with E-state index in [2.05, 4.69) is 51.0 Å². The maximum atomic E-state index is 13.0. The molecular weight excluding hydrogens is 1570 g/mol. The summed E-state index contributed by atoms with van der Waals surface area (Å²) in [5.41, 5.74) is 2.45. The van der Waals surface area contributed by atoms with Gasteiger partial charge in [0, 0.05) is 71.4 Å². The lowest BCUT2D eigenvalue weighted by Gasteiger charge is -2.23. The number of amides is 5. The number of nitrogens with zero attached hydrogens (tertiary/aromatic N) is 12. The molecule has 0 radical (unpaired) electrons. The summed E-state index contributed by atoms with van der Waals surface area (Å²) in [6, 6.07) is 11.5. The van der Waals surface area contributed by atoms with Crippen LogP contribution in [0.1, 0.15) is 93.0 Å². The van der Waals surface area contributed by atoms with Crippen molar-refractivity contribution in [3.63, 3.8) is 0 Å². The van der Waals surface area contributed by atoms with Crippen molar-refractivity contribution in [2.45, 2.75) is 125 Å². The summed E-state index contributed by atoms with van der Waals surface area (Å²) in [5, 5.41) is 39.2. The number of carboxylic acid groups (broad SMARTS) is 2. The average molecular weight is 1640 g/mol. The number of nitrogens with two attached hydrogens (primary N) is 2. The average Bonchev–Trinajstić information content (AvgIpc) is 1.76. The molecule has 8 aromatic rings. The van der Waals surface area contributed by atoms with E-state index in [1.54, 1.807) is 72.8 Å². The van der Waals surface area contributed by atoms with Crippen LogP contribution >= 0.6 is 0 Å². The van der Waals surface area contributed by atoms with Gasteiger partial charge >= 0.3 is 54.8 Å². The number of carbonyl (C=O) groups excluding carboxylic acids is 6. The first-order chi connectivity index (χ1) is 53.0. The Morgan fingerprint density at radius 3 is 0.991 bits per heavy atom. The van der Waals surface area contributed by atoms with Crippen LogP contribution < -0.4 is 38.5 Å². The zero-order valence-electron chi connectivity index (χ0n) is 62.1. The molecule has 45 heteroatoms. The molecule has 8 rings (SSSR count). The molecule has 620 valence electrons. The molecule has 0 spiro atoms. The summed E-state index contributed by atoms with van der Waals surface area (Å²) in [5.74, 6) is 1.96. The van der Waals surface area contributed by atoms with Crippen LogP contribution in [0.3, 0.4) is 0 Å². The Morgan fingerprint density at radius 1 is 0.443 bits per heavy atom. The number of hydrogen-bond acceptors (Lipinski definition) is 19. The minimum atomic E-state index is -5.17. The highest BCUT2D eigenvalue weighted by Crippen LogP contribution is 2.37. The lowest BCUT2D eigenvalue weighted by Crippen LogP contribution is -2.53. The SMILES string of the molecule is CC(C)[C@H](NC(=O)OC(C)(C)C)C(=O)O.Cc1cc(-c2ncn(/C=C\C(=O)CNC(=O)[C@@H](NC(=O)C(F)(F)F)C(C)C)n2)cc(C(F)(F)F)c1.Cc1cc(-c2ncn(/C=C\C(=O)NN)n2)cc(C(F)(F)F)c1.Cc1cc(-c2ncn(/C=C\C(=O)NN)n2)cc(C(F)(F)F)c1.Cc1cc(-c2ncn(/C=C\C(=O)O)n2)cc(C(F)(F)F)c1. The van der Waals surface area contributed by atoms with Gasteiger partial charge < -0.3 is 30.9 Å². The van der Waals surface area contributed by atoms with E-state index in [4.69, 9.17) is 26.6 Å². The van der Waals surface area contributed by atoms with Gasteiger partial charge in [-0.3, -0.25) is 34.8 Å². The molecule has 2 atom stereocenters. The Hall–Kier alpha value is -13.0. The van der Waals surface area contributed by atoms with Crippen LogP contribution in [0.25, 0.3) is 70.4 Å². The summed E-state index contributed by atoms with van der Waals surface area (Å²) in [6.07, 6.45) is -10.00. The first kappa shape index (κ1) is 94.4. The Kier molecular flexibility index (Phi) is 33.2. The fraction of sp³-hybridized carbons (Fsp3) is 0.314. The van der Waals surface area contributed by atoms with Crippen molar-refractivity contribution >= 4 is 72.2 Å². The third kappa shape index (κ3) is 32.3. The number of hydrogen-bond donors (Lipinski definition) is 9. The minimum absolute atomic E-state index is 0.0233. The number of rotatable bonds is 20. The molecule has 4 aromatic carbocycles. The molecule has 0 aliphatic carbocycles. The molecule has 0 fully saturated rings. The van der Waals surface area contributed by atoms with Gasteiger partial charge in [-0.15, -0.1) is 20.4 Å². The molecule has 0 bridgehead atoms. The standard InChI is InChI=1S/C21H21F6N5O3.2C13H12F3N5O.C13H10F3N3O2.C10H19NO4/c1-11(2)16(30-19(35)21(25,26)27)18(34)28-9-15(33)4-5-32-10-29-17(31-32)13-6-12(3)7-14(8-13)20(22,23)24;2*1-8-4-9(6-10(5-8)13(14,15)16)12-18-7-21(20-12)3-2-11(22)19-17;1-8-4-9(6-10(5-8)13(14,15)16)12-17-7-19(18-12)3-2-11(20)21;1-6(2)7(8(12)13)11-9(14)15-10(3,4)5/h4-8,10-11,16H,9H2,1-3H3,(H,28,34)(H,30,35);2*2-7H,17H2,1H3,(H,19,22);2-7H,1H3,(H,20,21);6-7H,1-5H3,(H,11,14)(H,12,13)/b5-4-;3*3-2-;/t16-;;;;7-/m0...0/s1. The number of carboxylic acids is 2. The number of ether oxygens (including phenoxy) is 1. The zero-order valence-corrected chi connectivity index (χ0v) is 62.1. The molecule has 5 amide bonds. The van der Waals surface area contributed by atoms with E-state index < -0.39 is 131 Å². The van der Waals surface area contributed by atoms with Gasteiger partial charge in [0.05, 0.1) is 28.8 Å². The number of aliphatic carboxylic acids is 2. The van der Waals surface area contributed by atoms with Crippen LogP contribution in [0.15, 0.2) is 122 Å². The smallest absolute Gasteiger partial charge is 0.471 e. The molecule has 0 aliphatic heterocycles. The van der Waals surface area contributed by atoms with E-state index in [9.17, 15) is 104 Å². The Balaban J connectivity index is 0.000000311. The van der Waals surface area contributed by atoms with E-state index in [1.807, 2.05) is 10.9 Å². The topological polar surface area (TPSA) is 421 Å². The lowest BCUT2D eigenvalue weighted by atomic mass is 10.0. The van der Waals surface area contributed by atoms with Crippen molar-refractivity contribution in [3.05, 3.63) is 167 Å². The normalized spacial score (nSPS) is 12.5. The van der Waals surface area contributed by atoms with Crippen LogP contribution in [-0.2, 0) is 63.0 Å². The van der Waals surface area contributed by atoms with Gasteiger partial charge in [0.1, 0.15) is 43.0 Å². The highest BCUT2D eigenvalue weighted by Gasteiger charge is 2.42. The van der Waals surface area contributed by atoms with E-state index in [-0.39, 0.29) is 51.5 Å². The first-order valence-corrected chi connectivity index (χ1v) is 32.8. The van der Waals surface area contributed by atoms with Crippen molar-refractivity contribution in [1.82, 2.24) is 85.9 Å². The van der Waals surface area contributed by atoms with Gasteiger partial charge in [-0.05, 0) is 155 Å². The van der Waals surface area contributed by atoms with Gasteiger partial charge in [-0.1, -0.05) is 27.7 Å². The molecule has 0 saturated carbocycles. The van der Waals surface area contributed by atoms with Crippen LogP contribution in [-0.4, -0.2) is 147 Å². The monoisotopic (exact) mass is 1640 g/mol. The number of benzene rings is 4. The Morgan fingerprint density at radius 2 is 0.739 bits per heavy atom. The molecule has 4 aromatic heterocycles. The molecular formula is C70H74F15N19O11. The van der Waals surface area contributed by atoms with E-state index in [1.165, 1.54) is 73.6 Å². The molecule has 115 heavy (non-hydrogen) atoms. The third-order valence-electron chi connectivity index (χ3n) is 14.0. The summed E-state index contributed by atoms with van der Waals surface area (Å²) >= 11 is 0. The number of alkyl carbamates (subject to hydrolysis) is 1. The number of nitrogens with one attached hydrogen (secondary N) is 5. The lowest BCUT2D eigenvalue weighted by molar-refractivity contribution is -0.175. The van der Waals surface area contributed by atoms with E-state index in [0.29, 0.717) is 22.3 Å².